The van der Waals surface area contributed by atoms with Crippen LogP contribution in [0.1, 0.15) is 12.5 Å². The quantitative estimate of drug-likeness (QED) is 0.782. The van der Waals surface area contributed by atoms with Crippen LogP contribution in [0, 0.1) is 11.7 Å². The summed E-state index contributed by atoms with van der Waals surface area (Å²) in [5.41, 5.74) is -0.00966. The van der Waals surface area contributed by atoms with Gasteiger partial charge in [0.2, 0.25) is 0 Å². The molecule has 0 aliphatic heterocycles. The standard InChI is InChI=1S/C12H14ClFO4S/c1-8(12(15)18-2)6-19(16,17)7-9-4-3-5-10(13)11(9)14/h3-5,8H,6-7H2,1-2H3. The van der Waals surface area contributed by atoms with Crippen LogP contribution >= 0.6 is 11.6 Å². The normalized spacial score (nSPS) is 13.1. The maximum atomic E-state index is 13.6. The number of halogens is 2. The van der Waals surface area contributed by atoms with Gasteiger partial charge in [0, 0.05) is 5.56 Å². The first-order chi connectivity index (χ1) is 8.76. The highest BCUT2D eigenvalue weighted by Crippen LogP contribution is 2.20. The molecule has 19 heavy (non-hydrogen) atoms. The van der Waals surface area contributed by atoms with Crippen LogP contribution in [0.15, 0.2) is 18.2 Å². The summed E-state index contributed by atoms with van der Waals surface area (Å²) in [5.74, 6) is -3.06. The Morgan fingerprint density at radius 2 is 2.11 bits per heavy atom. The Bertz CT molecular complexity index is 571. The zero-order valence-corrected chi connectivity index (χ0v) is 12.1. The lowest BCUT2D eigenvalue weighted by Gasteiger charge is -2.10. The van der Waals surface area contributed by atoms with E-state index in [-0.39, 0.29) is 10.6 Å². The van der Waals surface area contributed by atoms with Gasteiger partial charge in [-0.05, 0) is 6.07 Å². The molecule has 0 radical (unpaired) electrons. The molecule has 1 atom stereocenters. The molecule has 0 saturated carbocycles. The third kappa shape index (κ3) is 4.47. The summed E-state index contributed by atoms with van der Waals surface area (Å²) in [4.78, 5) is 11.2. The topological polar surface area (TPSA) is 60.4 Å². The molecule has 1 unspecified atom stereocenters. The van der Waals surface area contributed by atoms with Crippen molar-refractivity contribution in [1.82, 2.24) is 0 Å². The van der Waals surface area contributed by atoms with Gasteiger partial charge in [0.05, 0.1) is 29.6 Å². The fourth-order valence-corrected chi connectivity index (χ4v) is 3.51. The average Bonchev–Trinajstić information content (AvgIpc) is 2.33. The zero-order valence-electron chi connectivity index (χ0n) is 10.5. The zero-order chi connectivity index (χ0) is 14.6. The fraction of sp³-hybridized carbons (Fsp3) is 0.417. The Kier molecular flexibility index (Phi) is 5.31. The predicted octanol–water partition coefficient (Wildman–Crippen LogP) is 2.20. The number of esters is 1. The van der Waals surface area contributed by atoms with Crippen molar-refractivity contribution in [2.45, 2.75) is 12.7 Å². The van der Waals surface area contributed by atoms with Gasteiger partial charge in [-0.2, -0.15) is 0 Å². The third-order valence-electron chi connectivity index (χ3n) is 2.51. The first kappa shape index (κ1) is 15.9. The molecule has 0 aliphatic rings. The Morgan fingerprint density at radius 3 is 2.68 bits per heavy atom. The molecule has 1 rings (SSSR count). The van der Waals surface area contributed by atoms with E-state index in [2.05, 4.69) is 4.74 Å². The minimum atomic E-state index is -3.63. The van der Waals surface area contributed by atoms with Crippen molar-refractivity contribution in [1.29, 1.82) is 0 Å². The van der Waals surface area contributed by atoms with Crippen molar-refractivity contribution in [2.75, 3.05) is 12.9 Å². The molecule has 4 nitrogen and oxygen atoms in total. The first-order valence-electron chi connectivity index (χ1n) is 5.48. The van der Waals surface area contributed by atoms with E-state index in [1.807, 2.05) is 0 Å². The minimum absolute atomic E-state index is 0.00966. The Hall–Kier alpha value is -1.14. The molecule has 0 N–H and O–H groups in total. The van der Waals surface area contributed by atoms with Crippen LogP contribution in [-0.4, -0.2) is 27.2 Å². The molecule has 1 aromatic carbocycles. The molecule has 1 aromatic rings. The summed E-state index contributed by atoms with van der Waals surface area (Å²) in [7, 11) is -2.45. The maximum Gasteiger partial charge on any atom is 0.309 e. The number of methoxy groups -OCH3 is 1. The molecule has 0 bridgehead atoms. The summed E-state index contributed by atoms with van der Waals surface area (Å²) in [5, 5.41) is -0.131. The van der Waals surface area contributed by atoms with E-state index in [9.17, 15) is 17.6 Å². The van der Waals surface area contributed by atoms with Gasteiger partial charge >= 0.3 is 5.97 Å². The molecule has 0 heterocycles. The Balaban J connectivity index is 2.86. The highest BCUT2D eigenvalue weighted by molar-refractivity contribution is 7.90. The van der Waals surface area contributed by atoms with Crippen LogP contribution in [-0.2, 0) is 25.1 Å². The highest BCUT2D eigenvalue weighted by Gasteiger charge is 2.23. The molecular weight excluding hydrogens is 295 g/mol. The number of rotatable bonds is 5. The second kappa shape index (κ2) is 6.34. The largest absolute Gasteiger partial charge is 0.469 e. The van der Waals surface area contributed by atoms with E-state index in [1.54, 1.807) is 0 Å². The van der Waals surface area contributed by atoms with E-state index < -0.39 is 39.0 Å². The van der Waals surface area contributed by atoms with Crippen LogP contribution in [0.5, 0.6) is 0 Å². The second-order valence-corrected chi connectivity index (χ2v) is 6.71. The second-order valence-electron chi connectivity index (χ2n) is 4.19. The number of sulfone groups is 1. The third-order valence-corrected chi connectivity index (χ3v) is 4.57. The van der Waals surface area contributed by atoms with E-state index in [4.69, 9.17) is 11.6 Å². The van der Waals surface area contributed by atoms with Crippen molar-refractivity contribution >= 4 is 27.4 Å². The maximum absolute atomic E-state index is 13.6. The van der Waals surface area contributed by atoms with Gasteiger partial charge in [0.1, 0.15) is 5.82 Å². The van der Waals surface area contributed by atoms with Gasteiger partial charge < -0.3 is 4.74 Å². The number of hydrogen-bond donors (Lipinski definition) is 0. The van der Waals surface area contributed by atoms with Gasteiger partial charge in [-0.1, -0.05) is 30.7 Å². The molecule has 0 amide bonds. The number of benzene rings is 1. The van der Waals surface area contributed by atoms with Gasteiger partial charge in [-0.3, -0.25) is 4.79 Å². The average molecular weight is 309 g/mol. The lowest BCUT2D eigenvalue weighted by Crippen LogP contribution is -2.23. The van der Waals surface area contributed by atoms with Crippen molar-refractivity contribution in [3.05, 3.63) is 34.6 Å². The smallest absolute Gasteiger partial charge is 0.309 e. The molecule has 106 valence electrons. The number of carbonyl (C=O) groups excluding carboxylic acids is 1. The van der Waals surface area contributed by atoms with Crippen LogP contribution in [0.2, 0.25) is 5.02 Å². The van der Waals surface area contributed by atoms with Crippen molar-refractivity contribution in [2.24, 2.45) is 5.92 Å². The molecule has 0 fully saturated rings. The summed E-state index contributed by atoms with van der Waals surface area (Å²) in [6, 6.07) is 4.16. The minimum Gasteiger partial charge on any atom is -0.469 e. The molecule has 0 aromatic heterocycles. The monoisotopic (exact) mass is 308 g/mol. The van der Waals surface area contributed by atoms with Crippen molar-refractivity contribution in [3.63, 3.8) is 0 Å². The van der Waals surface area contributed by atoms with E-state index in [1.165, 1.54) is 32.2 Å². The van der Waals surface area contributed by atoms with Crippen LogP contribution in [0.25, 0.3) is 0 Å². The summed E-state index contributed by atoms with van der Waals surface area (Å²) < 4.78 is 41.8. The number of carbonyl (C=O) groups is 1. The molecule has 0 aliphatic carbocycles. The van der Waals surface area contributed by atoms with Gasteiger partial charge in [-0.15, -0.1) is 0 Å². The van der Waals surface area contributed by atoms with E-state index >= 15 is 0 Å². The predicted molar refractivity (Wildman–Crippen MR) is 70.1 cm³/mol. The summed E-state index contributed by atoms with van der Waals surface area (Å²) in [6.45, 7) is 1.44. The van der Waals surface area contributed by atoms with E-state index in [0.717, 1.165) is 0 Å². The molecule has 0 saturated heterocycles. The first-order valence-corrected chi connectivity index (χ1v) is 7.68. The molecule has 7 heteroatoms. The SMILES string of the molecule is COC(=O)C(C)CS(=O)(=O)Cc1cccc(Cl)c1F. The number of ether oxygens (including phenoxy) is 1. The van der Waals surface area contributed by atoms with Crippen molar-refractivity contribution in [3.8, 4) is 0 Å². The molecule has 0 spiro atoms. The Morgan fingerprint density at radius 1 is 1.47 bits per heavy atom. The Labute approximate surface area is 116 Å². The van der Waals surface area contributed by atoms with Gasteiger partial charge in [0.15, 0.2) is 9.84 Å². The van der Waals surface area contributed by atoms with Gasteiger partial charge in [-0.25, -0.2) is 12.8 Å². The fourth-order valence-electron chi connectivity index (χ4n) is 1.61. The number of hydrogen-bond acceptors (Lipinski definition) is 4. The molecular formula is C12H14ClFO4S. The van der Waals surface area contributed by atoms with Crippen molar-refractivity contribution < 1.29 is 22.3 Å². The van der Waals surface area contributed by atoms with Crippen LogP contribution < -0.4 is 0 Å². The lowest BCUT2D eigenvalue weighted by molar-refractivity contribution is -0.144. The van der Waals surface area contributed by atoms with Gasteiger partial charge in [0.25, 0.3) is 0 Å². The van der Waals surface area contributed by atoms with Crippen LogP contribution in [0.4, 0.5) is 4.39 Å². The summed E-state index contributed by atoms with van der Waals surface area (Å²) >= 11 is 5.58. The highest BCUT2D eigenvalue weighted by atomic mass is 35.5. The summed E-state index contributed by atoms with van der Waals surface area (Å²) in [6.07, 6.45) is 0. The lowest BCUT2D eigenvalue weighted by atomic mass is 10.2. The van der Waals surface area contributed by atoms with E-state index in [0.29, 0.717) is 0 Å². The van der Waals surface area contributed by atoms with Crippen LogP contribution in [0.3, 0.4) is 0 Å².